The third-order valence-corrected chi connectivity index (χ3v) is 2.45. The van der Waals surface area contributed by atoms with Gasteiger partial charge in [-0.2, -0.15) is 5.10 Å². The summed E-state index contributed by atoms with van der Waals surface area (Å²) in [5.41, 5.74) is 2.06. The van der Waals surface area contributed by atoms with Gasteiger partial charge in [-0.05, 0) is 13.0 Å². The van der Waals surface area contributed by atoms with Crippen molar-refractivity contribution in [3.63, 3.8) is 0 Å². The van der Waals surface area contributed by atoms with Gasteiger partial charge in [0.2, 0.25) is 0 Å². The number of aldehydes is 1. The summed E-state index contributed by atoms with van der Waals surface area (Å²) in [5.74, 6) is -0.384. The van der Waals surface area contributed by atoms with E-state index >= 15 is 0 Å². The second-order valence-electron chi connectivity index (χ2n) is 3.45. The summed E-state index contributed by atoms with van der Waals surface area (Å²) in [5, 5.41) is 4.02. The van der Waals surface area contributed by atoms with E-state index in [1.54, 1.807) is 11.7 Å². The number of rotatable bonds is 2. The van der Waals surface area contributed by atoms with E-state index in [9.17, 15) is 9.18 Å². The minimum atomic E-state index is -0.384. The summed E-state index contributed by atoms with van der Waals surface area (Å²) in [6, 6.07) is 2.55. The van der Waals surface area contributed by atoms with Crippen molar-refractivity contribution in [3.8, 4) is 11.3 Å². The van der Waals surface area contributed by atoms with Crippen molar-refractivity contribution in [2.45, 2.75) is 6.92 Å². The number of hydrogen-bond acceptors (Lipinski definition) is 3. The molecule has 0 atom stereocenters. The highest BCUT2D eigenvalue weighted by Gasteiger charge is 2.15. The molecule has 2 heterocycles. The summed E-state index contributed by atoms with van der Waals surface area (Å²) in [6.07, 6.45) is 2.01. The van der Waals surface area contributed by atoms with Crippen molar-refractivity contribution in [1.82, 2.24) is 14.8 Å². The highest BCUT2D eigenvalue weighted by molar-refractivity contribution is 5.85. The molecule has 0 saturated heterocycles. The van der Waals surface area contributed by atoms with Crippen molar-refractivity contribution in [1.29, 1.82) is 0 Å². The Hall–Kier alpha value is -2.04. The number of aromatic nitrogens is 3. The van der Waals surface area contributed by atoms with E-state index < -0.39 is 0 Å². The Morgan fingerprint density at radius 2 is 2.25 bits per heavy atom. The molecule has 4 nitrogen and oxygen atoms in total. The third-order valence-electron chi connectivity index (χ3n) is 2.45. The Balaban J connectivity index is 2.67. The molecule has 0 saturated carbocycles. The topological polar surface area (TPSA) is 47.8 Å². The molecule has 0 spiro atoms. The fraction of sp³-hybridized carbons (Fsp3) is 0.182. The number of nitrogens with zero attached hydrogens (tertiary/aromatic N) is 3. The van der Waals surface area contributed by atoms with Crippen molar-refractivity contribution in [2.24, 2.45) is 7.05 Å². The van der Waals surface area contributed by atoms with Crippen molar-refractivity contribution in [2.75, 3.05) is 0 Å². The van der Waals surface area contributed by atoms with Gasteiger partial charge in [0.05, 0.1) is 11.3 Å². The van der Waals surface area contributed by atoms with Crippen LogP contribution in [0.3, 0.4) is 0 Å². The maximum atomic E-state index is 13.1. The molecule has 0 radical (unpaired) electrons. The number of carbonyl (C=O) groups is 1. The maximum Gasteiger partial charge on any atom is 0.171 e. The number of halogens is 1. The van der Waals surface area contributed by atoms with Crippen LogP contribution in [0.5, 0.6) is 0 Å². The average molecular weight is 219 g/mol. The lowest BCUT2D eigenvalue weighted by atomic mass is 10.1. The zero-order valence-electron chi connectivity index (χ0n) is 8.94. The van der Waals surface area contributed by atoms with Crippen LogP contribution in [-0.2, 0) is 7.05 Å². The molecule has 0 aliphatic carbocycles. The van der Waals surface area contributed by atoms with Crippen LogP contribution in [0.2, 0.25) is 0 Å². The number of hydrogen-bond donors (Lipinski definition) is 0. The van der Waals surface area contributed by atoms with Gasteiger partial charge in [-0.15, -0.1) is 0 Å². The van der Waals surface area contributed by atoms with Crippen LogP contribution >= 0.6 is 0 Å². The molecule has 0 N–H and O–H groups in total. The molecule has 0 amide bonds. The van der Waals surface area contributed by atoms with Crippen LogP contribution in [0, 0.1) is 12.7 Å². The van der Waals surface area contributed by atoms with E-state index in [1.165, 1.54) is 18.3 Å². The SMILES string of the molecule is Cc1c(-c2cc(F)ccn2)c(C=O)nn1C. The number of carbonyl (C=O) groups excluding carboxylic acids is 1. The van der Waals surface area contributed by atoms with Gasteiger partial charge in [0, 0.05) is 25.0 Å². The molecule has 0 aliphatic rings. The minimum absolute atomic E-state index is 0.276. The van der Waals surface area contributed by atoms with E-state index in [4.69, 9.17) is 0 Å². The first-order valence-electron chi connectivity index (χ1n) is 4.74. The first-order valence-corrected chi connectivity index (χ1v) is 4.74. The van der Waals surface area contributed by atoms with Gasteiger partial charge in [-0.3, -0.25) is 14.5 Å². The van der Waals surface area contributed by atoms with Crippen molar-refractivity contribution < 1.29 is 9.18 Å². The second-order valence-corrected chi connectivity index (χ2v) is 3.45. The summed E-state index contributed by atoms with van der Waals surface area (Å²) in [6.45, 7) is 1.81. The predicted molar refractivity (Wildman–Crippen MR) is 56.5 cm³/mol. The van der Waals surface area contributed by atoms with Gasteiger partial charge >= 0.3 is 0 Å². The van der Waals surface area contributed by atoms with Gasteiger partial charge in [0.15, 0.2) is 6.29 Å². The van der Waals surface area contributed by atoms with Gasteiger partial charge < -0.3 is 0 Å². The lowest BCUT2D eigenvalue weighted by molar-refractivity contribution is 0.111. The molecule has 0 aromatic carbocycles. The Bertz CT molecular complexity index is 548. The van der Waals surface area contributed by atoms with Gasteiger partial charge in [0.1, 0.15) is 11.5 Å². The summed E-state index contributed by atoms with van der Waals surface area (Å²) < 4.78 is 14.6. The largest absolute Gasteiger partial charge is 0.296 e. The van der Waals surface area contributed by atoms with E-state index in [2.05, 4.69) is 10.1 Å². The quantitative estimate of drug-likeness (QED) is 0.723. The summed E-state index contributed by atoms with van der Waals surface area (Å²) >= 11 is 0. The van der Waals surface area contributed by atoms with Crippen LogP contribution in [0.25, 0.3) is 11.3 Å². The summed E-state index contributed by atoms with van der Waals surface area (Å²) in [4.78, 5) is 14.9. The van der Waals surface area contributed by atoms with E-state index in [1.807, 2.05) is 6.92 Å². The molecule has 0 fully saturated rings. The Morgan fingerprint density at radius 1 is 1.50 bits per heavy atom. The maximum absolute atomic E-state index is 13.1. The molecule has 0 unspecified atom stereocenters. The van der Waals surface area contributed by atoms with Gasteiger partial charge in [0.25, 0.3) is 0 Å². The highest BCUT2D eigenvalue weighted by atomic mass is 19.1. The van der Waals surface area contributed by atoms with Gasteiger partial charge in [-0.25, -0.2) is 4.39 Å². The monoisotopic (exact) mass is 219 g/mol. The van der Waals surface area contributed by atoms with Crippen molar-refractivity contribution >= 4 is 6.29 Å². The number of pyridine rings is 1. The average Bonchev–Trinajstić information content (AvgIpc) is 2.55. The summed E-state index contributed by atoms with van der Waals surface area (Å²) in [7, 11) is 1.73. The predicted octanol–water partition coefficient (Wildman–Crippen LogP) is 1.74. The van der Waals surface area contributed by atoms with Crippen LogP contribution in [0.1, 0.15) is 16.2 Å². The van der Waals surface area contributed by atoms with E-state index in [0.29, 0.717) is 17.5 Å². The Labute approximate surface area is 91.7 Å². The fourth-order valence-electron chi connectivity index (χ4n) is 1.57. The van der Waals surface area contributed by atoms with Gasteiger partial charge in [-0.1, -0.05) is 0 Å². The molecule has 2 aromatic rings. The van der Waals surface area contributed by atoms with Crippen LogP contribution in [0.4, 0.5) is 4.39 Å². The molecular weight excluding hydrogens is 209 g/mol. The van der Waals surface area contributed by atoms with Crippen molar-refractivity contribution in [3.05, 3.63) is 35.5 Å². The third kappa shape index (κ3) is 1.60. The van der Waals surface area contributed by atoms with E-state index in [0.717, 1.165) is 5.69 Å². The first-order chi connectivity index (χ1) is 7.63. The van der Waals surface area contributed by atoms with E-state index in [-0.39, 0.29) is 11.5 Å². The standard InChI is InChI=1S/C11H10FN3O/c1-7-11(10(6-16)14-15(7)2)9-5-8(12)3-4-13-9/h3-6H,1-2H3. The molecule has 2 aromatic heterocycles. The lowest BCUT2D eigenvalue weighted by Gasteiger charge is -2.00. The molecule has 82 valence electrons. The molecule has 2 rings (SSSR count). The minimum Gasteiger partial charge on any atom is -0.296 e. The molecular formula is C11H10FN3O. The van der Waals surface area contributed by atoms with Crippen LogP contribution in [0.15, 0.2) is 18.3 Å². The van der Waals surface area contributed by atoms with Crippen LogP contribution < -0.4 is 0 Å². The van der Waals surface area contributed by atoms with Crippen LogP contribution in [-0.4, -0.2) is 21.1 Å². The Morgan fingerprint density at radius 3 is 2.88 bits per heavy atom. The fourth-order valence-corrected chi connectivity index (χ4v) is 1.57. The molecule has 5 heteroatoms. The molecule has 0 bridgehead atoms. The lowest BCUT2D eigenvalue weighted by Crippen LogP contribution is -1.93. The normalized spacial score (nSPS) is 10.4. The Kier molecular flexibility index (Phi) is 2.52. The zero-order valence-corrected chi connectivity index (χ0v) is 8.94. The molecule has 16 heavy (non-hydrogen) atoms. The highest BCUT2D eigenvalue weighted by Crippen LogP contribution is 2.24. The first kappa shape index (κ1) is 10.5. The smallest absolute Gasteiger partial charge is 0.171 e. The zero-order chi connectivity index (χ0) is 11.7. The molecule has 0 aliphatic heterocycles. The number of aryl methyl sites for hydroxylation is 1. The second kappa shape index (κ2) is 3.84.